The fourth-order valence-electron chi connectivity index (χ4n) is 1.19. The SMILES string of the molecule is CCOCCCCOc1ccccc1F. The molecule has 0 aromatic heterocycles. The number of halogens is 1. The molecule has 0 aliphatic heterocycles. The molecule has 0 fully saturated rings. The number of benzene rings is 1. The van der Waals surface area contributed by atoms with Crippen LogP contribution in [0.3, 0.4) is 0 Å². The minimum atomic E-state index is -0.303. The summed E-state index contributed by atoms with van der Waals surface area (Å²) in [4.78, 5) is 0. The Morgan fingerprint density at radius 3 is 2.60 bits per heavy atom. The molecule has 15 heavy (non-hydrogen) atoms. The van der Waals surface area contributed by atoms with E-state index in [1.807, 2.05) is 6.92 Å². The predicted octanol–water partition coefficient (Wildman–Crippen LogP) is 3.02. The Morgan fingerprint density at radius 2 is 1.87 bits per heavy atom. The lowest BCUT2D eigenvalue weighted by Crippen LogP contribution is -2.01. The Balaban J connectivity index is 2.12. The van der Waals surface area contributed by atoms with Crippen molar-refractivity contribution in [2.24, 2.45) is 0 Å². The van der Waals surface area contributed by atoms with Crippen molar-refractivity contribution >= 4 is 0 Å². The zero-order valence-electron chi connectivity index (χ0n) is 9.04. The summed E-state index contributed by atoms with van der Waals surface area (Å²) in [5.74, 6) is 0.0243. The maximum absolute atomic E-state index is 13.1. The van der Waals surface area contributed by atoms with E-state index >= 15 is 0 Å². The molecule has 0 unspecified atom stereocenters. The number of ether oxygens (including phenoxy) is 2. The average Bonchev–Trinajstić information content (AvgIpc) is 2.25. The molecule has 0 amide bonds. The van der Waals surface area contributed by atoms with Gasteiger partial charge in [0.05, 0.1) is 6.61 Å². The van der Waals surface area contributed by atoms with Crippen molar-refractivity contribution in [2.45, 2.75) is 19.8 Å². The van der Waals surface area contributed by atoms with Crippen LogP contribution in [0.25, 0.3) is 0 Å². The van der Waals surface area contributed by atoms with Gasteiger partial charge in [0.15, 0.2) is 11.6 Å². The number of hydrogen-bond donors (Lipinski definition) is 0. The highest BCUT2D eigenvalue weighted by atomic mass is 19.1. The van der Waals surface area contributed by atoms with Crippen LogP contribution in [0.2, 0.25) is 0 Å². The molecule has 0 aliphatic rings. The number of unbranched alkanes of at least 4 members (excludes halogenated alkanes) is 1. The fraction of sp³-hybridized carbons (Fsp3) is 0.500. The predicted molar refractivity (Wildman–Crippen MR) is 57.6 cm³/mol. The lowest BCUT2D eigenvalue weighted by Gasteiger charge is -2.06. The van der Waals surface area contributed by atoms with Gasteiger partial charge in [0.25, 0.3) is 0 Å². The molecule has 2 nitrogen and oxygen atoms in total. The van der Waals surface area contributed by atoms with Gasteiger partial charge in [-0.15, -0.1) is 0 Å². The third-order valence-corrected chi connectivity index (χ3v) is 1.98. The van der Waals surface area contributed by atoms with E-state index in [9.17, 15) is 4.39 Å². The first-order valence-corrected chi connectivity index (χ1v) is 5.29. The summed E-state index contributed by atoms with van der Waals surface area (Å²) in [6, 6.07) is 6.45. The first-order valence-electron chi connectivity index (χ1n) is 5.29. The monoisotopic (exact) mass is 212 g/mol. The Hall–Kier alpha value is -1.09. The van der Waals surface area contributed by atoms with Gasteiger partial charge >= 0.3 is 0 Å². The van der Waals surface area contributed by atoms with Crippen LogP contribution in [0.5, 0.6) is 5.75 Å². The van der Waals surface area contributed by atoms with E-state index in [1.165, 1.54) is 6.07 Å². The van der Waals surface area contributed by atoms with Gasteiger partial charge in [-0.3, -0.25) is 0 Å². The van der Waals surface area contributed by atoms with Crippen molar-refractivity contribution in [3.63, 3.8) is 0 Å². The molecule has 84 valence electrons. The van der Waals surface area contributed by atoms with E-state index in [-0.39, 0.29) is 5.82 Å². The first kappa shape index (κ1) is 12.0. The summed E-state index contributed by atoms with van der Waals surface area (Å²) in [7, 11) is 0. The second-order valence-electron chi connectivity index (χ2n) is 3.18. The second kappa shape index (κ2) is 7.23. The third-order valence-electron chi connectivity index (χ3n) is 1.98. The summed E-state index contributed by atoms with van der Waals surface area (Å²) in [5.41, 5.74) is 0. The van der Waals surface area contributed by atoms with Gasteiger partial charge < -0.3 is 9.47 Å². The molecule has 1 aromatic carbocycles. The van der Waals surface area contributed by atoms with Crippen molar-refractivity contribution in [3.05, 3.63) is 30.1 Å². The fourth-order valence-corrected chi connectivity index (χ4v) is 1.19. The summed E-state index contributed by atoms with van der Waals surface area (Å²) < 4.78 is 23.5. The summed E-state index contributed by atoms with van der Waals surface area (Å²) in [6.07, 6.45) is 1.83. The highest BCUT2D eigenvalue weighted by molar-refractivity contribution is 5.23. The smallest absolute Gasteiger partial charge is 0.165 e. The lowest BCUT2D eigenvalue weighted by molar-refractivity contribution is 0.138. The van der Waals surface area contributed by atoms with Crippen molar-refractivity contribution in [2.75, 3.05) is 19.8 Å². The molecule has 0 radical (unpaired) electrons. The number of hydrogen-bond acceptors (Lipinski definition) is 2. The number of rotatable bonds is 7. The molecule has 0 saturated carbocycles. The topological polar surface area (TPSA) is 18.5 Å². The quantitative estimate of drug-likeness (QED) is 0.647. The van der Waals surface area contributed by atoms with Crippen molar-refractivity contribution in [3.8, 4) is 5.75 Å². The lowest BCUT2D eigenvalue weighted by atomic mass is 10.3. The van der Waals surface area contributed by atoms with Crippen molar-refractivity contribution in [1.29, 1.82) is 0 Å². The van der Waals surface area contributed by atoms with Crippen LogP contribution in [-0.2, 0) is 4.74 Å². The zero-order chi connectivity index (χ0) is 10.9. The Labute approximate surface area is 90.0 Å². The highest BCUT2D eigenvalue weighted by Gasteiger charge is 2.00. The maximum atomic E-state index is 13.1. The average molecular weight is 212 g/mol. The van der Waals surface area contributed by atoms with Gasteiger partial charge in [-0.2, -0.15) is 0 Å². The summed E-state index contributed by atoms with van der Waals surface area (Å²) in [6.45, 7) is 4.00. The molecule has 0 atom stereocenters. The molecule has 0 bridgehead atoms. The van der Waals surface area contributed by atoms with E-state index in [0.717, 1.165) is 26.1 Å². The second-order valence-corrected chi connectivity index (χ2v) is 3.18. The van der Waals surface area contributed by atoms with Crippen LogP contribution < -0.4 is 4.74 Å². The van der Waals surface area contributed by atoms with E-state index in [0.29, 0.717) is 12.4 Å². The standard InChI is InChI=1S/C12H17FO2/c1-2-14-9-5-6-10-15-12-8-4-3-7-11(12)13/h3-4,7-8H,2,5-6,9-10H2,1H3. The molecule has 0 heterocycles. The molecule has 3 heteroatoms. The normalized spacial score (nSPS) is 10.3. The number of para-hydroxylation sites is 1. The largest absolute Gasteiger partial charge is 0.491 e. The van der Waals surface area contributed by atoms with Crippen LogP contribution in [0, 0.1) is 5.82 Å². The van der Waals surface area contributed by atoms with Gasteiger partial charge in [0.2, 0.25) is 0 Å². The van der Waals surface area contributed by atoms with Crippen LogP contribution in [-0.4, -0.2) is 19.8 Å². The third kappa shape index (κ3) is 4.79. The van der Waals surface area contributed by atoms with E-state index in [2.05, 4.69) is 0 Å². The Kier molecular flexibility index (Phi) is 5.78. The zero-order valence-corrected chi connectivity index (χ0v) is 9.04. The first-order chi connectivity index (χ1) is 7.34. The molecular formula is C12H17FO2. The minimum Gasteiger partial charge on any atom is -0.491 e. The summed E-state index contributed by atoms with van der Waals surface area (Å²) >= 11 is 0. The van der Waals surface area contributed by atoms with E-state index < -0.39 is 0 Å². The molecule has 0 N–H and O–H groups in total. The molecule has 0 saturated heterocycles. The van der Waals surface area contributed by atoms with Crippen molar-refractivity contribution < 1.29 is 13.9 Å². The van der Waals surface area contributed by atoms with Gasteiger partial charge in [-0.05, 0) is 31.9 Å². The van der Waals surface area contributed by atoms with E-state index in [1.54, 1.807) is 18.2 Å². The minimum absolute atomic E-state index is 0.303. The Bertz CT molecular complexity index is 276. The van der Waals surface area contributed by atoms with Gasteiger partial charge in [-0.25, -0.2) is 4.39 Å². The highest BCUT2D eigenvalue weighted by Crippen LogP contribution is 2.15. The van der Waals surface area contributed by atoms with Gasteiger partial charge in [0, 0.05) is 13.2 Å². The van der Waals surface area contributed by atoms with Gasteiger partial charge in [-0.1, -0.05) is 12.1 Å². The summed E-state index contributed by atoms with van der Waals surface area (Å²) in [5, 5.41) is 0. The van der Waals surface area contributed by atoms with Gasteiger partial charge in [0.1, 0.15) is 0 Å². The Morgan fingerprint density at radius 1 is 1.13 bits per heavy atom. The molecule has 1 aromatic rings. The molecule has 0 spiro atoms. The van der Waals surface area contributed by atoms with Crippen LogP contribution in [0.4, 0.5) is 4.39 Å². The molecular weight excluding hydrogens is 195 g/mol. The van der Waals surface area contributed by atoms with Crippen LogP contribution in [0.15, 0.2) is 24.3 Å². The van der Waals surface area contributed by atoms with Crippen LogP contribution >= 0.6 is 0 Å². The van der Waals surface area contributed by atoms with E-state index in [4.69, 9.17) is 9.47 Å². The molecule has 1 rings (SSSR count). The van der Waals surface area contributed by atoms with Crippen LogP contribution in [0.1, 0.15) is 19.8 Å². The van der Waals surface area contributed by atoms with Crippen molar-refractivity contribution in [1.82, 2.24) is 0 Å². The molecule has 0 aliphatic carbocycles. The maximum Gasteiger partial charge on any atom is 0.165 e.